The molecular weight excluding hydrogens is 320 g/mol. The molecule has 0 atom stereocenters. The molecule has 1 heterocycles. The summed E-state index contributed by atoms with van der Waals surface area (Å²) in [5, 5.41) is 2.49. The molecule has 1 amide bonds. The van der Waals surface area contributed by atoms with Crippen molar-refractivity contribution in [1.82, 2.24) is 9.71 Å². The van der Waals surface area contributed by atoms with Crippen LogP contribution in [0.15, 0.2) is 18.3 Å². The minimum atomic E-state index is -3.52. The van der Waals surface area contributed by atoms with Crippen LogP contribution in [-0.4, -0.2) is 44.8 Å². The number of nitrogens with one attached hydrogen (secondary N) is 2. The number of aromatic nitrogens is 1. The third-order valence-corrected chi connectivity index (χ3v) is 3.51. The van der Waals surface area contributed by atoms with Crippen LogP contribution in [0.5, 0.6) is 0 Å². The first-order chi connectivity index (χ1) is 9.43. The SMILES string of the molecule is CCOCCS(=O)(=O)NCC(=O)Nc1ccc(N)nc1.Cl. The van der Waals surface area contributed by atoms with Gasteiger partial charge in [-0.1, -0.05) is 0 Å². The third-order valence-electron chi connectivity index (χ3n) is 2.22. The molecule has 0 radical (unpaired) electrons. The molecule has 0 unspecified atom stereocenters. The summed E-state index contributed by atoms with van der Waals surface area (Å²) in [5.74, 6) is -0.339. The van der Waals surface area contributed by atoms with Crippen LogP contribution in [0, 0.1) is 0 Å². The molecule has 0 saturated heterocycles. The predicted molar refractivity (Wildman–Crippen MR) is 82.8 cm³/mol. The van der Waals surface area contributed by atoms with Gasteiger partial charge in [-0.2, -0.15) is 0 Å². The number of carbonyl (C=O) groups is 1. The van der Waals surface area contributed by atoms with Gasteiger partial charge in [0.25, 0.3) is 0 Å². The van der Waals surface area contributed by atoms with E-state index in [1.54, 1.807) is 13.0 Å². The van der Waals surface area contributed by atoms with Crippen molar-refractivity contribution in [2.24, 2.45) is 0 Å². The van der Waals surface area contributed by atoms with Crippen LogP contribution in [0.1, 0.15) is 6.92 Å². The quantitative estimate of drug-likeness (QED) is 0.572. The number of hydrogen-bond acceptors (Lipinski definition) is 6. The second kappa shape index (κ2) is 9.50. The highest BCUT2D eigenvalue weighted by Gasteiger charge is 2.12. The monoisotopic (exact) mass is 338 g/mol. The number of anilines is 2. The molecule has 0 aliphatic carbocycles. The Balaban J connectivity index is 0.00000400. The molecule has 0 saturated carbocycles. The van der Waals surface area contributed by atoms with E-state index in [4.69, 9.17) is 10.5 Å². The molecule has 0 aromatic carbocycles. The molecule has 0 aliphatic heterocycles. The summed E-state index contributed by atoms with van der Waals surface area (Å²) >= 11 is 0. The molecule has 1 rings (SSSR count). The summed E-state index contributed by atoms with van der Waals surface area (Å²) in [5.41, 5.74) is 5.85. The molecule has 0 aliphatic rings. The Bertz CT molecular complexity index is 536. The van der Waals surface area contributed by atoms with Gasteiger partial charge in [0.1, 0.15) is 5.82 Å². The Morgan fingerprint density at radius 3 is 2.71 bits per heavy atom. The topological polar surface area (TPSA) is 123 Å². The number of carbonyl (C=O) groups excluding carboxylic acids is 1. The average molecular weight is 339 g/mol. The number of ether oxygens (including phenoxy) is 1. The number of amides is 1. The maximum atomic E-state index is 11.5. The molecule has 21 heavy (non-hydrogen) atoms. The Hall–Kier alpha value is -1.42. The second-order valence-electron chi connectivity index (χ2n) is 3.86. The van der Waals surface area contributed by atoms with Gasteiger partial charge < -0.3 is 15.8 Å². The van der Waals surface area contributed by atoms with E-state index in [-0.39, 0.29) is 31.3 Å². The van der Waals surface area contributed by atoms with E-state index in [1.807, 2.05) is 0 Å². The number of nitrogen functional groups attached to an aromatic ring is 1. The Labute approximate surface area is 129 Å². The van der Waals surface area contributed by atoms with E-state index in [0.29, 0.717) is 18.1 Å². The molecule has 8 nitrogen and oxygen atoms in total. The number of nitrogens with zero attached hydrogens (tertiary/aromatic N) is 1. The summed E-state index contributed by atoms with van der Waals surface area (Å²) in [4.78, 5) is 15.3. The number of halogens is 1. The van der Waals surface area contributed by atoms with Gasteiger partial charge in [0.15, 0.2) is 0 Å². The molecule has 0 spiro atoms. The van der Waals surface area contributed by atoms with E-state index in [0.717, 1.165) is 0 Å². The van der Waals surface area contributed by atoms with Crippen molar-refractivity contribution in [3.8, 4) is 0 Å². The zero-order valence-electron chi connectivity index (χ0n) is 11.5. The average Bonchev–Trinajstić information content (AvgIpc) is 2.40. The van der Waals surface area contributed by atoms with E-state index in [2.05, 4.69) is 15.0 Å². The van der Waals surface area contributed by atoms with Crippen molar-refractivity contribution in [2.75, 3.05) is 36.6 Å². The fourth-order valence-corrected chi connectivity index (χ4v) is 2.08. The largest absolute Gasteiger partial charge is 0.384 e. The molecule has 1 aromatic heterocycles. The van der Waals surface area contributed by atoms with Gasteiger partial charge in [-0.05, 0) is 19.1 Å². The normalized spacial score (nSPS) is 10.7. The van der Waals surface area contributed by atoms with Crippen molar-refractivity contribution in [3.63, 3.8) is 0 Å². The van der Waals surface area contributed by atoms with E-state index < -0.39 is 15.9 Å². The van der Waals surface area contributed by atoms with E-state index in [9.17, 15) is 13.2 Å². The summed E-state index contributed by atoms with van der Waals surface area (Å²) < 4.78 is 30.1. The number of sulfonamides is 1. The fraction of sp³-hybridized carbons (Fsp3) is 0.455. The van der Waals surface area contributed by atoms with Crippen LogP contribution in [0.4, 0.5) is 11.5 Å². The first-order valence-electron chi connectivity index (χ1n) is 5.99. The molecular formula is C11H19ClN4O4S. The van der Waals surface area contributed by atoms with Gasteiger partial charge in [0, 0.05) is 6.61 Å². The third kappa shape index (κ3) is 8.45. The van der Waals surface area contributed by atoms with Gasteiger partial charge in [0.2, 0.25) is 15.9 Å². The van der Waals surface area contributed by atoms with Crippen LogP contribution in [-0.2, 0) is 19.6 Å². The molecule has 10 heteroatoms. The Morgan fingerprint density at radius 1 is 1.43 bits per heavy atom. The van der Waals surface area contributed by atoms with Crippen molar-refractivity contribution in [3.05, 3.63) is 18.3 Å². The highest BCUT2D eigenvalue weighted by Crippen LogP contribution is 2.06. The summed E-state index contributed by atoms with van der Waals surface area (Å²) in [6.45, 7) is 1.96. The van der Waals surface area contributed by atoms with E-state index in [1.165, 1.54) is 12.3 Å². The van der Waals surface area contributed by atoms with Crippen LogP contribution in [0.3, 0.4) is 0 Å². The molecule has 0 bridgehead atoms. The smallest absolute Gasteiger partial charge is 0.239 e. The summed E-state index contributed by atoms with van der Waals surface area (Å²) in [6, 6.07) is 3.10. The van der Waals surface area contributed by atoms with Gasteiger partial charge in [-0.25, -0.2) is 18.1 Å². The lowest BCUT2D eigenvalue weighted by molar-refractivity contribution is -0.115. The summed E-state index contributed by atoms with van der Waals surface area (Å²) in [6.07, 6.45) is 1.39. The highest BCUT2D eigenvalue weighted by atomic mass is 35.5. The minimum absolute atomic E-state index is 0. The standard InChI is InChI=1S/C11H18N4O4S.ClH/c1-2-19-5-6-20(17,18)14-8-11(16)15-9-3-4-10(12)13-7-9;/h3-4,7,14H,2,5-6,8H2,1H3,(H2,12,13)(H,15,16);1H. The van der Waals surface area contributed by atoms with Crippen molar-refractivity contribution in [2.45, 2.75) is 6.92 Å². The molecule has 0 fully saturated rings. The fourth-order valence-electron chi connectivity index (χ4n) is 1.25. The van der Waals surface area contributed by atoms with Gasteiger partial charge in [-0.15, -0.1) is 12.4 Å². The molecule has 4 N–H and O–H groups in total. The van der Waals surface area contributed by atoms with E-state index >= 15 is 0 Å². The van der Waals surface area contributed by atoms with Crippen LogP contribution < -0.4 is 15.8 Å². The Kier molecular flexibility index (Phi) is 8.86. The van der Waals surface area contributed by atoms with Gasteiger partial charge in [0.05, 0.1) is 30.8 Å². The maximum absolute atomic E-state index is 11.5. The number of pyridine rings is 1. The predicted octanol–water partition coefficient (Wildman–Crippen LogP) is -0.0200. The van der Waals surface area contributed by atoms with Gasteiger partial charge >= 0.3 is 0 Å². The lowest BCUT2D eigenvalue weighted by atomic mass is 10.4. The molecule has 120 valence electrons. The highest BCUT2D eigenvalue weighted by molar-refractivity contribution is 7.89. The molecule has 1 aromatic rings. The second-order valence-corrected chi connectivity index (χ2v) is 5.78. The van der Waals surface area contributed by atoms with Crippen LogP contribution >= 0.6 is 12.4 Å². The van der Waals surface area contributed by atoms with Gasteiger partial charge in [-0.3, -0.25) is 4.79 Å². The zero-order valence-corrected chi connectivity index (χ0v) is 13.2. The number of hydrogen-bond donors (Lipinski definition) is 3. The first-order valence-corrected chi connectivity index (χ1v) is 7.64. The Morgan fingerprint density at radius 2 is 2.14 bits per heavy atom. The van der Waals surface area contributed by atoms with Crippen molar-refractivity contribution in [1.29, 1.82) is 0 Å². The van der Waals surface area contributed by atoms with Crippen LogP contribution in [0.2, 0.25) is 0 Å². The zero-order chi connectivity index (χ0) is 15.0. The lowest BCUT2D eigenvalue weighted by Crippen LogP contribution is -2.35. The lowest BCUT2D eigenvalue weighted by Gasteiger charge is -2.07. The number of rotatable bonds is 8. The van der Waals surface area contributed by atoms with Crippen LogP contribution in [0.25, 0.3) is 0 Å². The van der Waals surface area contributed by atoms with Crippen molar-refractivity contribution < 1.29 is 17.9 Å². The number of nitrogens with two attached hydrogens (primary N) is 1. The minimum Gasteiger partial charge on any atom is -0.384 e. The van der Waals surface area contributed by atoms with Crippen molar-refractivity contribution >= 4 is 39.8 Å². The first kappa shape index (κ1) is 19.6. The summed E-state index contributed by atoms with van der Waals surface area (Å²) in [7, 11) is -3.52. The maximum Gasteiger partial charge on any atom is 0.239 e.